The van der Waals surface area contributed by atoms with Crippen LogP contribution in [0.2, 0.25) is 0 Å². The molecule has 0 unspecified atom stereocenters. The zero-order chi connectivity index (χ0) is 26.9. The maximum absolute atomic E-state index is 13.0. The van der Waals surface area contributed by atoms with Crippen LogP contribution in [0.4, 0.5) is 0 Å². The predicted molar refractivity (Wildman–Crippen MR) is 144 cm³/mol. The number of aliphatic hydroxyl groups excluding tert-OH is 1. The summed E-state index contributed by atoms with van der Waals surface area (Å²) in [4.78, 5) is 39.9. The topological polar surface area (TPSA) is 95.9 Å². The monoisotopic (exact) mass is 506 g/mol. The Bertz CT molecular complexity index is 994. The Morgan fingerprint density at radius 3 is 2.11 bits per heavy atom. The lowest BCUT2D eigenvalue weighted by Gasteiger charge is -2.24. The van der Waals surface area contributed by atoms with Crippen LogP contribution in [0.5, 0.6) is 0 Å². The fourth-order valence-corrected chi connectivity index (χ4v) is 3.99. The molecule has 198 valence electrons. The van der Waals surface area contributed by atoms with Crippen LogP contribution < -0.4 is 5.32 Å². The van der Waals surface area contributed by atoms with Crippen LogP contribution in [0.15, 0.2) is 86.0 Å². The first-order valence-electron chi connectivity index (χ1n) is 12.6. The Balaban J connectivity index is 1.85. The van der Waals surface area contributed by atoms with Crippen LogP contribution in [0.3, 0.4) is 0 Å². The molecule has 0 saturated carbocycles. The van der Waals surface area contributed by atoms with E-state index in [0.29, 0.717) is 25.8 Å². The van der Waals surface area contributed by atoms with Gasteiger partial charge in [0.25, 0.3) is 0 Å². The summed E-state index contributed by atoms with van der Waals surface area (Å²) in [5, 5.41) is 12.2. The first-order valence-corrected chi connectivity index (χ1v) is 12.6. The summed E-state index contributed by atoms with van der Waals surface area (Å²) in [6, 6.07) is 19.2. The van der Waals surface area contributed by atoms with Crippen molar-refractivity contribution in [2.75, 3.05) is 26.3 Å². The van der Waals surface area contributed by atoms with Gasteiger partial charge < -0.3 is 20.1 Å². The molecule has 7 heteroatoms. The zero-order valence-electron chi connectivity index (χ0n) is 21.4. The van der Waals surface area contributed by atoms with E-state index < -0.39 is 5.92 Å². The number of aliphatic hydroxyl groups is 1. The first-order chi connectivity index (χ1) is 18.0. The van der Waals surface area contributed by atoms with Crippen LogP contribution in [0.1, 0.15) is 30.4 Å². The van der Waals surface area contributed by atoms with E-state index in [2.05, 4.69) is 18.5 Å². The van der Waals surface area contributed by atoms with Crippen LogP contribution in [-0.4, -0.2) is 54.1 Å². The second-order valence-corrected chi connectivity index (χ2v) is 8.82. The largest absolute Gasteiger partial charge is 0.464 e. The molecule has 2 N–H and O–H groups in total. The number of carbonyl (C=O) groups is 3. The van der Waals surface area contributed by atoms with Gasteiger partial charge in [-0.15, -0.1) is 13.2 Å². The Morgan fingerprint density at radius 1 is 0.919 bits per heavy atom. The molecule has 0 aliphatic rings. The van der Waals surface area contributed by atoms with Gasteiger partial charge in [-0.2, -0.15) is 0 Å². The van der Waals surface area contributed by atoms with Crippen molar-refractivity contribution in [2.24, 2.45) is 11.8 Å². The number of hydrogen-bond donors (Lipinski definition) is 2. The highest BCUT2D eigenvalue weighted by molar-refractivity contribution is 5.86. The predicted octanol–water partition coefficient (Wildman–Crippen LogP) is 3.68. The molecule has 0 fully saturated rings. The molecule has 2 aromatic carbocycles. The van der Waals surface area contributed by atoms with Crippen molar-refractivity contribution in [2.45, 2.75) is 32.2 Å². The molecule has 0 radical (unpaired) electrons. The maximum Gasteiger partial charge on any atom is 0.309 e. The van der Waals surface area contributed by atoms with Crippen LogP contribution in [0, 0.1) is 11.8 Å². The molecule has 0 heterocycles. The molecule has 0 aromatic heterocycles. The molecule has 0 aliphatic heterocycles. The van der Waals surface area contributed by atoms with E-state index in [1.807, 2.05) is 60.7 Å². The van der Waals surface area contributed by atoms with Crippen molar-refractivity contribution < 1.29 is 24.2 Å². The maximum atomic E-state index is 13.0. The molecule has 37 heavy (non-hydrogen) atoms. The van der Waals surface area contributed by atoms with Crippen molar-refractivity contribution in [3.05, 3.63) is 97.1 Å². The Labute approximate surface area is 219 Å². The average Bonchev–Trinajstić information content (AvgIpc) is 2.91. The van der Waals surface area contributed by atoms with Gasteiger partial charge in [0.05, 0.1) is 25.0 Å². The van der Waals surface area contributed by atoms with E-state index in [-0.39, 0.29) is 56.4 Å². The highest BCUT2D eigenvalue weighted by atomic mass is 16.5. The molecule has 2 amide bonds. The summed E-state index contributed by atoms with van der Waals surface area (Å²) in [7, 11) is 0. The minimum atomic E-state index is -0.607. The molecule has 2 rings (SSSR count). The van der Waals surface area contributed by atoms with Crippen LogP contribution in [-0.2, 0) is 32.1 Å². The molecule has 0 spiro atoms. The Kier molecular flexibility index (Phi) is 13.5. The Hall–Kier alpha value is -3.71. The van der Waals surface area contributed by atoms with Gasteiger partial charge in [0.15, 0.2) is 0 Å². The number of esters is 1. The summed E-state index contributed by atoms with van der Waals surface area (Å²) < 4.78 is 5.41. The van der Waals surface area contributed by atoms with E-state index in [1.54, 1.807) is 17.1 Å². The highest BCUT2D eigenvalue weighted by Crippen LogP contribution is 2.16. The number of amides is 2. The molecule has 2 aromatic rings. The van der Waals surface area contributed by atoms with Gasteiger partial charge in [0.2, 0.25) is 11.8 Å². The highest BCUT2D eigenvalue weighted by Gasteiger charge is 2.24. The lowest BCUT2D eigenvalue weighted by Crippen LogP contribution is -2.39. The van der Waals surface area contributed by atoms with E-state index >= 15 is 0 Å². The van der Waals surface area contributed by atoms with Crippen molar-refractivity contribution in [1.29, 1.82) is 0 Å². The van der Waals surface area contributed by atoms with Crippen molar-refractivity contribution in [1.82, 2.24) is 10.2 Å². The minimum absolute atomic E-state index is 0.0110. The molecule has 0 saturated heterocycles. The second-order valence-electron chi connectivity index (χ2n) is 8.82. The quantitative estimate of drug-likeness (QED) is 0.194. The molecular formula is C30H38N2O5. The lowest BCUT2D eigenvalue weighted by molar-refractivity contribution is -0.148. The SMILES string of the molecule is C=CC[C@@H](CC(=O)N(CCO)Cc1ccccc1)C(=O)NCCOC(=O)[C@H](CC=C)Cc1ccccc1. The molecular weight excluding hydrogens is 468 g/mol. The van der Waals surface area contributed by atoms with Gasteiger partial charge in [0, 0.05) is 19.5 Å². The fraction of sp³-hybridized carbons (Fsp3) is 0.367. The summed E-state index contributed by atoms with van der Waals surface area (Å²) in [6.45, 7) is 7.99. The Morgan fingerprint density at radius 2 is 1.51 bits per heavy atom. The third-order valence-electron chi connectivity index (χ3n) is 5.94. The van der Waals surface area contributed by atoms with Gasteiger partial charge in [-0.3, -0.25) is 14.4 Å². The second kappa shape index (κ2) is 16.9. The van der Waals surface area contributed by atoms with E-state index in [4.69, 9.17) is 4.74 Å². The van der Waals surface area contributed by atoms with Gasteiger partial charge in [-0.25, -0.2) is 0 Å². The number of nitrogens with zero attached hydrogens (tertiary/aromatic N) is 1. The summed E-state index contributed by atoms with van der Waals surface area (Å²) in [5.74, 6) is -1.82. The number of ether oxygens (including phenoxy) is 1. The zero-order valence-corrected chi connectivity index (χ0v) is 21.4. The average molecular weight is 507 g/mol. The first kappa shape index (κ1) is 29.5. The smallest absolute Gasteiger partial charge is 0.309 e. The van der Waals surface area contributed by atoms with Gasteiger partial charge >= 0.3 is 5.97 Å². The molecule has 2 atom stereocenters. The number of carbonyl (C=O) groups excluding carboxylic acids is 3. The van der Waals surface area contributed by atoms with E-state index in [9.17, 15) is 19.5 Å². The van der Waals surface area contributed by atoms with Crippen LogP contribution in [0.25, 0.3) is 0 Å². The van der Waals surface area contributed by atoms with E-state index in [0.717, 1.165) is 11.1 Å². The number of benzene rings is 2. The van der Waals surface area contributed by atoms with Crippen molar-refractivity contribution in [3.8, 4) is 0 Å². The van der Waals surface area contributed by atoms with Gasteiger partial charge in [0.1, 0.15) is 6.61 Å². The van der Waals surface area contributed by atoms with E-state index in [1.165, 1.54) is 0 Å². The molecule has 0 aliphatic carbocycles. The normalized spacial score (nSPS) is 12.1. The van der Waals surface area contributed by atoms with Crippen LogP contribution >= 0.6 is 0 Å². The third-order valence-corrected chi connectivity index (χ3v) is 5.94. The summed E-state index contributed by atoms with van der Waals surface area (Å²) in [6.07, 6.45) is 4.67. The molecule has 7 nitrogen and oxygen atoms in total. The summed E-state index contributed by atoms with van der Waals surface area (Å²) >= 11 is 0. The minimum Gasteiger partial charge on any atom is -0.464 e. The van der Waals surface area contributed by atoms with Gasteiger partial charge in [-0.1, -0.05) is 72.8 Å². The number of nitrogens with one attached hydrogen (secondary N) is 1. The number of rotatable bonds is 17. The lowest BCUT2D eigenvalue weighted by atomic mass is 9.96. The van der Waals surface area contributed by atoms with Gasteiger partial charge in [-0.05, 0) is 30.4 Å². The summed E-state index contributed by atoms with van der Waals surface area (Å²) in [5.41, 5.74) is 1.98. The standard InChI is InChI=1S/C30H38N2O5/c1-3-11-26(22-28(34)32(18-19-33)23-25-15-9-6-10-16-25)29(35)31-17-20-37-30(36)27(12-4-2)21-24-13-7-5-8-14-24/h3-10,13-16,26-27,33H,1-2,11-12,17-23H2,(H,31,35)/t26-,27+/m0/s1. The van der Waals surface area contributed by atoms with Crippen molar-refractivity contribution in [3.63, 3.8) is 0 Å². The molecule has 0 bridgehead atoms. The number of hydrogen-bond acceptors (Lipinski definition) is 5. The van der Waals surface area contributed by atoms with Crippen molar-refractivity contribution >= 4 is 17.8 Å². The number of allylic oxidation sites excluding steroid dienone is 2. The third kappa shape index (κ3) is 10.8. The fourth-order valence-electron chi connectivity index (χ4n) is 3.99.